The number of likely N-dealkylation sites (N-methyl/N-ethyl adjacent to an activating group) is 1. The third-order valence-corrected chi connectivity index (χ3v) is 8.50. The van der Waals surface area contributed by atoms with Crippen LogP contribution in [0.25, 0.3) is 0 Å². The summed E-state index contributed by atoms with van der Waals surface area (Å²) in [7, 11) is 5.36. The van der Waals surface area contributed by atoms with Crippen molar-refractivity contribution in [2.75, 3.05) is 41.0 Å². The molecule has 57 heavy (non-hydrogen) atoms. The van der Waals surface area contributed by atoms with Gasteiger partial charge in [0, 0.05) is 19.3 Å². The molecule has 8 heteroatoms. The highest BCUT2D eigenvalue weighted by Crippen LogP contribution is 2.11. The standard InChI is InChI=1S/C49H75NO7/c1-6-8-10-12-14-16-18-20-22-24-26-28-30-32-34-36-38-40-48(52)57-45(43-55-42-41-46(49(53)54)50(3,4)5)44-56-47(51)39-37-35-33-31-29-27-25-23-21-19-17-15-13-11-9-7-2/h8-12,14-18,20-24,26-30,45-46H,6-7,13,19,25,31-44H2,1-5H3/b10-8+,11-9+,14-12+,17-15+,18-16+,22-20+,23-21+,26-24+,29-27+,30-28+. The van der Waals surface area contributed by atoms with Crippen LogP contribution < -0.4 is 5.11 Å². The van der Waals surface area contributed by atoms with Crippen LogP contribution in [-0.4, -0.2) is 75.5 Å². The van der Waals surface area contributed by atoms with Crippen molar-refractivity contribution >= 4 is 17.9 Å². The average Bonchev–Trinajstić information content (AvgIpc) is 3.17. The zero-order valence-corrected chi connectivity index (χ0v) is 35.9. The van der Waals surface area contributed by atoms with Crippen molar-refractivity contribution in [2.24, 2.45) is 0 Å². The maximum atomic E-state index is 12.7. The van der Waals surface area contributed by atoms with E-state index in [1.54, 1.807) is 21.1 Å². The Hall–Kier alpha value is -4.27. The van der Waals surface area contributed by atoms with Crippen LogP contribution in [0.15, 0.2) is 122 Å². The van der Waals surface area contributed by atoms with E-state index in [1.807, 2.05) is 60.8 Å². The molecule has 0 amide bonds. The van der Waals surface area contributed by atoms with E-state index in [2.05, 4.69) is 74.6 Å². The van der Waals surface area contributed by atoms with E-state index < -0.39 is 18.1 Å². The molecule has 0 aliphatic heterocycles. The molecule has 0 aromatic heterocycles. The molecule has 0 fully saturated rings. The summed E-state index contributed by atoms with van der Waals surface area (Å²) in [6.45, 7) is 4.28. The van der Waals surface area contributed by atoms with Gasteiger partial charge in [-0.3, -0.25) is 9.59 Å². The molecular formula is C49H75NO7. The maximum absolute atomic E-state index is 12.7. The summed E-state index contributed by atoms with van der Waals surface area (Å²) in [5.41, 5.74) is 0. The Morgan fingerprint density at radius 1 is 0.544 bits per heavy atom. The predicted octanol–water partition coefficient (Wildman–Crippen LogP) is 10.1. The maximum Gasteiger partial charge on any atom is 0.306 e. The van der Waals surface area contributed by atoms with E-state index in [9.17, 15) is 19.5 Å². The Morgan fingerprint density at radius 3 is 1.54 bits per heavy atom. The fraction of sp³-hybridized carbons (Fsp3) is 0.531. The van der Waals surface area contributed by atoms with Crippen LogP contribution in [0.1, 0.15) is 117 Å². The summed E-state index contributed by atoms with van der Waals surface area (Å²) < 4.78 is 17.1. The van der Waals surface area contributed by atoms with Crippen molar-refractivity contribution in [2.45, 2.75) is 129 Å². The topological polar surface area (TPSA) is 102 Å². The largest absolute Gasteiger partial charge is 0.544 e. The van der Waals surface area contributed by atoms with Crippen LogP contribution in [-0.2, 0) is 28.6 Å². The van der Waals surface area contributed by atoms with Gasteiger partial charge >= 0.3 is 11.9 Å². The predicted molar refractivity (Wildman–Crippen MR) is 235 cm³/mol. The van der Waals surface area contributed by atoms with Crippen molar-refractivity contribution in [3.63, 3.8) is 0 Å². The Morgan fingerprint density at radius 2 is 1.02 bits per heavy atom. The van der Waals surface area contributed by atoms with Crippen LogP contribution in [0.3, 0.4) is 0 Å². The highest BCUT2D eigenvalue weighted by molar-refractivity contribution is 5.70. The highest BCUT2D eigenvalue weighted by atomic mass is 16.6. The van der Waals surface area contributed by atoms with E-state index >= 15 is 0 Å². The summed E-state index contributed by atoms with van der Waals surface area (Å²) in [5.74, 6) is -1.86. The number of carboxylic acid groups (broad SMARTS) is 1. The molecule has 8 nitrogen and oxygen atoms in total. The van der Waals surface area contributed by atoms with Gasteiger partial charge in [-0.1, -0.05) is 148 Å². The van der Waals surface area contributed by atoms with Gasteiger partial charge in [-0.05, 0) is 70.6 Å². The van der Waals surface area contributed by atoms with Gasteiger partial charge < -0.3 is 28.6 Å². The smallest absolute Gasteiger partial charge is 0.306 e. The molecule has 2 atom stereocenters. The Labute approximate surface area is 346 Å². The first-order valence-electron chi connectivity index (χ1n) is 21.1. The number of unbranched alkanes of at least 4 members (excludes halogenated alkanes) is 6. The number of ether oxygens (including phenoxy) is 3. The number of carboxylic acids is 1. The first-order valence-corrected chi connectivity index (χ1v) is 21.1. The molecule has 0 saturated carbocycles. The van der Waals surface area contributed by atoms with Crippen molar-refractivity contribution in [3.8, 4) is 0 Å². The van der Waals surface area contributed by atoms with Gasteiger partial charge in [0.15, 0.2) is 6.10 Å². The van der Waals surface area contributed by atoms with E-state index in [0.717, 1.165) is 77.0 Å². The first kappa shape index (κ1) is 52.7. The minimum atomic E-state index is -1.14. The van der Waals surface area contributed by atoms with Gasteiger partial charge in [0.1, 0.15) is 12.6 Å². The zero-order chi connectivity index (χ0) is 42.1. The van der Waals surface area contributed by atoms with Gasteiger partial charge in [-0.15, -0.1) is 0 Å². The number of rotatable bonds is 35. The van der Waals surface area contributed by atoms with Gasteiger partial charge in [0.2, 0.25) is 0 Å². The lowest BCUT2D eigenvalue weighted by atomic mass is 10.1. The molecule has 2 unspecified atom stereocenters. The van der Waals surface area contributed by atoms with E-state index in [-0.39, 0.29) is 49.1 Å². The summed E-state index contributed by atoms with van der Waals surface area (Å²) in [5, 5.41) is 11.6. The average molecular weight is 790 g/mol. The molecule has 0 aliphatic carbocycles. The Kier molecular flexibility index (Phi) is 35.7. The number of quaternary nitrogens is 1. The van der Waals surface area contributed by atoms with Crippen molar-refractivity contribution in [1.82, 2.24) is 0 Å². The molecule has 0 rings (SSSR count). The Bertz CT molecular complexity index is 1340. The highest BCUT2D eigenvalue weighted by Gasteiger charge is 2.25. The molecule has 0 spiro atoms. The second-order valence-corrected chi connectivity index (χ2v) is 14.6. The van der Waals surface area contributed by atoms with Crippen LogP contribution >= 0.6 is 0 Å². The molecule has 0 radical (unpaired) electrons. The Balaban J connectivity index is 4.56. The number of carbonyl (C=O) groups excluding carboxylic acids is 3. The number of allylic oxidation sites excluding steroid dienone is 20. The van der Waals surface area contributed by atoms with Crippen LogP contribution in [0.5, 0.6) is 0 Å². The van der Waals surface area contributed by atoms with Gasteiger partial charge in [0.25, 0.3) is 0 Å². The number of hydrogen-bond donors (Lipinski definition) is 0. The van der Waals surface area contributed by atoms with E-state index in [4.69, 9.17) is 14.2 Å². The molecular weight excluding hydrogens is 715 g/mol. The lowest BCUT2D eigenvalue weighted by molar-refractivity contribution is -0.889. The first-order chi connectivity index (χ1) is 27.6. The summed E-state index contributed by atoms with van der Waals surface area (Å²) in [6, 6.07) is -0.748. The van der Waals surface area contributed by atoms with Crippen LogP contribution in [0, 0.1) is 0 Å². The van der Waals surface area contributed by atoms with Crippen molar-refractivity contribution < 1.29 is 38.2 Å². The van der Waals surface area contributed by atoms with Crippen LogP contribution in [0.2, 0.25) is 0 Å². The summed E-state index contributed by atoms with van der Waals surface area (Å²) in [6.07, 6.45) is 53.6. The fourth-order valence-electron chi connectivity index (χ4n) is 5.27. The second kappa shape index (κ2) is 38.6. The monoisotopic (exact) mass is 790 g/mol. The quantitative estimate of drug-likeness (QED) is 0.0207. The molecule has 0 bridgehead atoms. The number of aliphatic carboxylic acids is 1. The molecule has 0 N–H and O–H groups in total. The van der Waals surface area contributed by atoms with Crippen molar-refractivity contribution in [3.05, 3.63) is 122 Å². The molecule has 0 heterocycles. The third-order valence-electron chi connectivity index (χ3n) is 8.50. The fourth-order valence-corrected chi connectivity index (χ4v) is 5.27. The summed E-state index contributed by atoms with van der Waals surface area (Å²) >= 11 is 0. The SMILES string of the molecule is CC/C=C/C=C/C=C/C=C/C=C/C=C/CCCCCC(=O)OC(COCCC(C(=O)[O-])[N+](C)(C)C)COC(=O)CCCCC/C=C/C/C=C/C/C=C/C/C=C/CC. The molecule has 0 aromatic rings. The van der Waals surface area contributed by atoms with Gasteiger partial charge in [-0.2, -0.15) is 0 Å². The molecule has 0 saturated heterocycles. The van der Waals surface area contributed by atoms with Crippen molar-refractivity contribution in [1.29, 1.82) is 0 Å². The second-order valence-electron chi connectivity index (χ2n) is 14.6. The van der Waals surface area contributed by atoms with Gasteiger partial charge in [-0.25, -0.2) is 0 Å². The molecule has 0 aromatic carbocycles. The molecule has 318 valence electrons. The van der Waals surface area contributed by atoms with E-state index in [0.29, 0.717) is 12.8 Å². The van der Waals surface area contributed by atoms with E-state index in [1.165, 1.54) is 0 Å². The normalized spacial score (nSPS) is 14.2. The summed E-state index contributed by atoms with van der Waals surface area (Å²) in [4.78, 5) is 36.8. The van der Waals surface area contributed by atoms with Crippen LogP contribution in [0.4, 0.5) is 0 Å². The van der Waals surface area contributed by atoms with Gasteiger partial charge in [0.05, 0.1) is 40.3 Å². The third kappa shape index (κ3) is 37.1. The number of esters is 2. The number of nitrogens with zero attached hydrogens (tertiary/aromatic N) is 1. The lowest BCUT2D eigenvalue weighted by Gasteiger charge is -2.34. The minimum absolute atomic E-state index is 0.00226. The minimum Gasteiger partial charge on any atom is -0.544 e. The lowest BCUT2D eigenvalue weighted by Crippen LogP contribution is -2.55. The molecule has 0 aliphatic rings. The number of hydrogen-bond acceptors (Lipinski definition) is 7. The zero-order valence-electron chi connectivity index (χ0n) is 35.9. The number of carbonyl (C=O) groups is 3.